The predicted octanol–water partition coefficient (Wildman–Crippen LogP) is 4.38. The molecule has 0 saturated carbocycles. The first-order chi connectivity index (χ1) is 9.54. The Hall–Kier alpha value is -1.46. The first kappa shape index (κ1) is 14.9. The summed E-state index contributed by atoms with van der Waals surface area (Å²) in [5.74, 6) is -0.348. The zero-order chi connectivity index (χ0) is 14.5. The molecule has 0 bridgehead atoms. The molecule has 0 heterocycles. The molecular weight excluding hydrogens is 339 g/mol. The topological polar surface area (TPSA) is 24.1 Å². The largest absolute Gasteiger partial charge is 0.358 e. The van der Waals surface area contributed by atoms with E-state index in [1.807, 2.05) is 25.1 Å². The summed E-state index contributed by atoms with van der Waals surface area (Å²) in [4.78, 5) is 0. The lowest BCUT2D eigenvalue weighted by Crippen LogP contribution is -2.28. The van der Waals surface area contributed by atoms with E-state index in [2.05, 4.69) is 32.6 Å². The van der Waals surface area contributed by atoms with E-state index in [9.17, 15) is 4.39 Å². The van der Waals surface area contributed by atoms with Crippen LogP contribution in [0.3, 0.4) is 0 Å². The Morgan fingerprint density at radius 3 is 2.75 bits per heavy atom. The summed E-state index contributed by atoms with van der Waals surface area (Å²) < 4.78 is 14.3. The van der Waals surface area contributed by atoms with Crippen LogP contribution in [0.2, 0.25) is 0 Å². The standard InChI is InChI=1S/C15H14BrFN2S/c1-10-3-2-4-11(7-10)9-18-15(20)19-14-6-5-12(16)8-13(14)17/h2-8H,9H2,1H3,(H2,18,19,20). The second-order valence-corrected chi connectivity index (χ2v) is 5.74. The molecule has 0 saturated heterocycles. The van der Waals surface area contributed by atoms with Gasteiger partial charge in [0.1, 0.15) is 5.82 Å². The molecule has 0 unspecified atom stereocenters. The van der Waals surface area contributed by atoms with Crippen molar-refractivity contribution in [3.63, 3.8) is 0 Å². The second kappa shape index (κ2) is 6.81. The van der Waals surface area contributed by atoms with Crippen LogP contribution in [0.4, 0.5) is 10.1 Å². The first-order valence-corrected chi connectivity index (χ1v) is 7.30. The van der Waals surface area contributed by atoms with Crippen LogP contribution < -0.4 is 10.6 Å². The van der Waals surface area contributed by atoms with E-state index in [-0.39, 0.29) is 5.82 Å². The Bertz CT molecular complexity index is 631. The van der Waals surface area contributed by atoms with Crippen molar-refractivity contribution in [1.29, 1.82) is 0 Å². The number of benzene rings is 2. The number of hydrogen-bond donors (Lipinski definition) is 2. The number of anilines is 1. The summed E-state index contributed by atoms with van der Waals surface area (Å²) >= 11 is 8.37. The maximum Gasteiger partial charge on any atom is 0.171 e. The number of thiocarbonyl (C=S) groups is 1. The number of halogens is 2. The first-order valence-electron chi connectivity index (χ1n) is 6.10. The average Bonchev–Trinajstić information content (AvgIpc) is 2.40. The third-order valence-corrected chi connectivity index (χ3v) is 3.45. The predicted molar refractivity (Wildman–Crippen MR) is 88.3 cm³/mol. The third kappa shape index (κ3) is 4.28. The molecule has 0 aliphatic rings. The van der Waals surface area contributed by atoms with E-state index in [1.54, 1.807) is 12.1 Å². The average molecular weight is 353 g/mol. The minimum atomic E-state index is -0.348. The van der Waals surface area contributed by atoms with Crippen molar-refractivity contribution < 1.29 is 4.39 Å². The summed E-state index contributed by atoms with van der Waals surface area (Å²) in [6, 6.07) is 12.9. The van der Waals surface area contributed by atoms with Gasteiger partial charge in [0.25, 0.3) is 0 Å². The van der Waals surface area contributed by atoms with E-state index < -0.39 is 0 Å². The van der Waals surface area contributed by atoms with Gasteiger partial charge in [-0.3, -0.25) is 0 Å². The van der Waals surface area contributed by atoms with Crippen molar-refractivity contribution >= 4 is 38.9 Å². The van der Waals surface area contributed by atoms with Crippen molar-refractivity contribution in [3.8, 4) is 0 Å². The van der Waals surface area contributed by atoms with Gasteiger partial charge >= 0.3 is 0 Å². The highest BCUT2D eigenvalue weighted by molar-refractivity contribution is 9.10. The molecule has 20 heavy (non-hydrogen) atoms. The third-order valence-electron chi connectivity index (χ3n) is 2.71. The van der Waals surface area contributed by atoms with Crippen LogP contribution >= 0.6 is 28.1 Å². The molecule has 0 atom stereocenters. The molecule has 2 nitrogen and oxygen atoms in total. The molecule has 0 spiro atoms. The number of nitrogens with one attached hydrogen (secondary N) is 2. The monoisotopic (exact) mass is 352 g/mol. The molecule has 0 radical (unpaired) electrons. The molecule has 5 heteroatoms. The Balaban J connectivity index is 1.92. The maximum absolute atomic E-state index is 13.6. The van der Waals surface area contributed by atoms with Crippen molar-refractivity contribution in [3.05, 3.63) is 63.9 Å². The number of hydrogen-bond acceptors (Lipinski definition) is 1. The molecule has 2 rings (SSSR count). The van der Waals surface area contributed by atoms with E-state index in [4.69, 9.17) is 12.2 Å². The van der Waals surface area contributed by atoms with Crippen LogP contribution in [0.1, 0.15) is 11.1 Å². The maximum atomic E-state index is 13.6. The fraction of sp³-hybridized carbons (Fsp3) is 0.133. The van der Waals surface area contributed by atoms with E-state index >= 15 is 0 Å². The van der Waals surface area contributed by atoms with Crippen LogP contribution in [0.5, 0.6) is 0 Å². The molecule has 0 fully saturated rings. The van der Waals surface area contributed by atoms with Gasteiger partial charge in [0.15, 0.2) is 5.11 Å². The van der Waals surface area contributed by atoms with E-state index in [0.717, 1.165) is 5.56 Å². The zero-order valence-electron chi connectivity index (χ0n) is 10.9. The summed E-state index contributed by atoms with van der Waals surface area (Å²) in [6.45, 7) is 2.64. The quantitative estimate of drug-likeness (QED) is 0.801. The van der Waals surface area contributed by atoms with Crippen LogP contribution in [0.25, 0.3) is 0 Å². The van der Waals surface area contributed by atoms with Crippen molar-refractivity contribution in [2.75, 3.05) is 5.32 Å². The molecule has 0 aromatic heterocycles. The van der Waals surface area contributed by atoms with Crippen LogP contribution in [-0.2, 0) is 6.54 Å². The fourth-order valence-electron chi connectivity index (χ4n) is 1.76. The summed E-state index contributed by atoms with van der Waals surface area (Å²) in [5, 5.41) is 6.30. The van der Waals surface area contributed by atoms with Gasteiger partial charge in [0.2, 0.25) is 0 Å². The van der Waals surface area contributed by atoms with Gasteiger partial charge < -0.3 is 10.6 Å². The molecule has 2 N–H and O–H groups in total. The van der Waals surface area contributed by atoms with Gasteiger partial charge in [-0.25, -0.2) is 4.39 Å². The van der Waals surface area contributed by atoms with Gasteiger partial charge in [0.05, 0.1) is 5.69 Å². The van der Waals surface area contributed by atoms with Crippen molar-refractivity contribution in [2.45, 2.75) is 13.5 Å². The molecule has 2 aromatic carbocycles. The van der Waals surface area contributed by atoms with Gasteiger partial charge in [-0.1, -0.05) is 45.8 Å². The normalized spacial score (nSPS) is 10.2. The Morgan fingerprint density at radius 1 is 1.25 bits per heavy atom. The highest BCUT2D eigenvalue weighted by Crippen LogP contribution is 2.19. The van der Waals surface area contributed by atoms with Gasteiger partial charge in [-0.15, -0.1) is 0 Å². The highest BCUT2D eigenvalue weighted by atomic mass is 79.9. The molecule has 104 valence electrons. The SMILES string of the molecule is Cc1cccc(CNC(=S)Nc2ccc(Br)cc2F)c1. The summed E-state index contributed by atoms with van der Waals surface area (Å²) in [6.07, 6.45) is 0. The molecular formula is C15H14BrFN2S. The Morgan fingerprint density at radius 2 is 2.05 bits per heavy atom. The fourth-order valence-corrected chi connectivity index (χ4v) is 2.28. The lowest BCUT2D eigenvalue weighted by atomic mass is 10.1. The van der Waals surface area contributed by atoms with Crippen molar-refractivity contribution in [2.24, 2.45) is 0 Å². The minimum Gasteiger partial charge on any atom is -0.358 e. The second-order valence-electron chi connectivity index (χ2n) is 4.42. The lowest BCUT2D eigenvalue weighted by Gasteiger charge is -2.11. The lowest BCUT2D eigenvalue weighted by molar-refractivity contribution is 0.631. The van der Waals surface area contributed by atoms with Crippen molar-refractivity contribution in [1.82, 2.24) is 5.32 Å². The highest BCUT2D eigenvalue weighted by Gasteiger charge is 2.04. The molecule has 0 aliphatic carbocycles. The minimum absolute atomic E-state index is 0.348. The smallest absolute Gasteiger partial charge is 0.171 e. The van der Waals surface area contributed by atoms with E-state index in [1.165, 1.54) is 11.6 Å². The van der Waals surface area contributed by atoms with Crippen LogP contribution in [0.15, 0.2) is 46.9 Å². The number of rotatable bonds is 3. The van der Waals surface area contributed by atoms with Crippen LogP contribution in [0, 0.1) is 12.7 Å². The van der Waals surface area contributed by atoms with Gasteiger partial charge in [-0.2, -0.15) is 0 Å². The summed E-state index contributed by atoms with van der Waals surface area (Å²) in [5.41, 5.74) is 2.68. The Kier molecular flexibility index (Phi) is 5.09. The number of aryl methyl sites for hydroxylation is 1. The van der Waals surface area contributed by atoms with E-state index in [0.29, 0.717) is 21.8 Å². The Labute approximate surface area is 131 Å². The van der Waals surface area contributed by atoms with Gasteiger partial charge in [0, 0.05) is 11.0 Å². The van der Waals surface area contributed by atoms with Crippen LogP contribution in [-0.4, -0.2) is 5.11 Å². The summed E-state index contributed by atoms with van der Waals surface area (Å²) in [7, 11) is 0. The molecule has 2 aromatic rings. The zero-order valence-corrected chi connectivity index (χ0v) is 13.3. The molecule has 0 aliphatic heterocycles. The molecule has 0 amide bonds. The van der Waals surface area contributed by atoms with Gasteiger partial charge in [-0.05, 0) is 42.9 Å².